The first-order valence-corrected chi connectivity index (χ1v) is 10.0. The lowest BCUT2D eigenvalue weighted by Gasteiger charge is -2.32. The number of carbonyl (C=O) groups is 2. The van der Waals surface area contributed by atoms with Crippen molar-refractivity contribution in [2.45, 2.75) is 12.8 Å². The van der Waals surface area contributed by atoms with Crippen LogP contribution in [0.15, 0.2) is 35.2 Å². The van der Waals surface area contributed by atoms with Crippen molar-refractivity contribution in [2.24, 2.45) is 0 Å². The first-order valence-electron chi connectivity index (χ1n) is 8.81. The molecule has 0 bridgehead atoms. The molecule has 0 aromatic heterocycles. The first kappa shape index (κ1) is 19.1. The molecule has 2 aliphatic rings. The zero-order chi connectivity index (χ0) is 18.5. The topological polar surface area (TPSA) is 43.9 Å². The van der Waals surface area contributed by atoms with Gasteiger partial charge in [-0.1, -0.05) is 42.5 Å². The number of thioether (sulfide) groups is 1. The lowest BCUT2D eigenvalue weighted by molar-refractivity contribution is -0.132. The molecule has 2 saturated heterocycles. The summed E-state index contributed by atoms with van der Waals surface area (Å²) in [5, 5.41) is -0.0516. The van der Waals surface area contributed by atoms with E-state index in [2.05, 4.69) is 11.9 Å². The molecule has 7 heteroatoms. The van der Waals surface area contributed by atoms with E-state index in [9.17, 15) is 9.59 Å². The average Bonchev–Trinajstić information content (AvgIpc) is 2.90. The Labute approximate surface area is 164 Å². The Morgan fingerprint density at radius 3 is 2.58 bits per heavy atom. The van der Waals surface area contributed by atoms with E-state index in [0.29, 0.717) is 24.4 Å². The van der Waals surface area contributed by atoms with E-state index in [1.165, 1.54) is 11.8 Å². The molecule has 1 aromatic rings. The molecule has 3 rings (SSSR count). The summed E-state index contributed by atoms with van der Waals surface area (Å²) in [7, 11) is 2.07. The number of hydrogen-bond donors (Lipinski definition) is 0. The molecule has 0 saturated carbocycles. The zero-order valence-electron chi connectivity index (χ0n) is 14.9. The van der Waals surface area contributed by atoms with Crippen LogP contribution in [0.4, 0.5) is 4.79 Å². The number of rotatable bonds is 5. The molecule has 0 spiro atoms. The predicted molar refractivity (Wildman–Crippen MR) is 110 cm³/mol. The highest BCUT2D eigenvalue weighted by Crippen LogP contribution is 2.33. The molecule has 0 atom stereocenters. The largest absolute Gasteiger partial charge is 0.340 e. The van der Waals surface area contributed by atoms with E-state index in [1.54, 1.807) is 4.90 Å². The highest BCUT2D eigenvalue weighted by Gasteiger charge is 2.31. The Hall–Kier alpha value is -1.70. The predicted octanol–water partition coefficient (Wildman–Crippen LogP) is 3.08. The van der Waals surface area contributed by atoms with Gasteiger partial charge in [0.15, 0.2) is 0 Å². The number of hydrogen-bond acceptors (Lipinski definition) is 5. The van der Waals surface area contributed by atoms with E-state index in [-0.39, 0.29) is 11.1 Å². The third kappa shape index (κ3) is 4.72. The van der Waals surface area contributed by atoms with Gasteiger partial charge in [-0.3, -0.25) is 14.5 Å². The minimum Gasteiger partial charge on any atom is -0.340 e. The SMILES string of the molecule is CN1CCN(C(=O)CCCN2C(=O)SC(=Cc3ccccc3)C2=S)CC1. The summed E-state index contributed by atoms with van der Waals surface area (Å²) in [6, 6.07) is 9.84. The standard InChI is InChI=1S/C19H23N3O2S2/c1-20-10-12-21(13-11-20)17(23)8-5-9-22-18(25)16(26-19(22)24)14-15-6-3-2-4-7-15/h2-4,6-7,14H,5,8-13H2,1H3. The number of carbonyl (C=O) groups excluding carboxylic acids is 2. The Kier molecular flexibility index (Phi) is 6.45. The summed E-state index contributed by atoms with van der Waals surface area (Å²) in [4.78, 5) is 31.7. The molecule has 0 aliphatic carbocycles. The quantitative estimate of drug-likeness (QED) is 0.572. The van der Waals surface area contributed by atoms with E-state index in [0.717, 1.165) is 36.6 Å². The monoisotopic (exact) mass is 389 g/mol. The number of amides is 2. The maximum Gasteiger partial charge on any atom is 0.291 e. The van der Waals surface area contributed by atoms with Crippen LogP contribution in [0.1, 0.15) is 18.4 Å². The van der Waals surface area contributed by atoms with Crippen molar-refractivity contribution < 1.29 is 9.59 Å². The number of benzene rings is 1. The zero-order valence-corrected chi connectivity index (χ0v) is 16.5. The van der Waals surface area contributed by atoms with Crippen LogP contribution in [0.3, 0.4) is 0 Å². The molecule has 5 nitrogen and oxygen atoms in total. The molecular weight excluding hydrogens is 366 g/mol. The van der Waals surface area contributed by atoms with Crippen molar-refractivity contribution in [3.05, 3.63) is 40.8 Å². The van der Waals surface area contributed by atoms with Gasteiger partial charge in [0, 0.05) is 39.1 Å². The summed E-state index contributed by atoms with van der Waals surface area (Å²) in [6.45, 7) is 3.91. The summed E-state index contributed by atoms with van der Waals surface area (Å²) in [5.41, 5.74) is 1.03. The smallest absolute Gasteiger partial charge is 0.291 e. The molecule has 26 heavy (non-hydrogen) atoms. The van der Waals surface area contributed by atoms with Gasteiger partial charge in [0.25, 0.3) is 5.24 Å². The lowest BCUT2D eigenvalue weighted by Crippen LogP contribution is -2.47. The molecular formula is C19H23N3O2S2. The van der Waals surface area contributed by atoms with Gasteiger partial charge in [0.2, 0.25) is 5.91 Å². The molecule has 0 unspecified atom stereocenters. The second-order valence-corrected chi connectivity index (χ2v) is 7.91. The molecule has 2 aliphatic heterocycles. The van der Waals surface area contributed by atoms with Crippen molar-refractivity contribution in [2.75, 3.05) is 39.8 Å². The van der Waals surface area contributed by atoms with Crippen LogP contribution in [0, 0.1) is 0 Å². The van der Waals surface area contributed by atoms with Crippen LogP contribution in [0.5, 0.6) is 0 Å². The second kappa shape index (κ2) is 8.79. The first-order chi connectivity index (χ1) is 12.5. The molecule has 0 radical (unpaired) electrons. The minimum absolute atomic E-state index is 0.0516. The fourth-order valence-corrected chi connectivity index (χ4v) is 4.29. The van der Waals surface area contributed by atoms with Crippen molar-refractivity contribution in [1.82, 2.24) is 14.7 Å². The number of piperazine rings is 1. The van der Waals surface area contributed by atoms with Gasteiger partial charge in [-0.05, 0) is 36.9 Å². The maximum atomic E-state index is 12.3. The normalized spacial score (nSPS) is 20.3. The van der Waals surface area contributed by atoms with Gasteiger partial charge in [0.05, 0.1) is 4.91 Å². The van der Waals surface area contributed by atoms with Crippen molar-refractivity contribution in [3.8, 4) is 0 Å². The van der Waals surface area contributed by atoms with Gasteiger partial charge in [-0.2, -0.15) is 0 Å². The summed E-state index contributed by atoms with van der Waals surface area (Å²) in [6.07, 6.45) is 3.04. The van der Waals surface area contributed by atoms with Crippen molar-refractivity contribution >= 4 is 46.2 Å². The third-order valence-corrected chi connectivity index (χ3v) is 6.09. The Bertz CT molecular complexity index is 713. The minimum atomic E-state index is -0.0516. The van der Waals surface area contributed by atoms with Crippen LogP contribution in [0.2, 0.25) is 0 Å². The molecule has 138 valence electrons. The highest BCUT2D eigenvalue weighted by molar-refractivity contribution is 8.19. The third-order valence-electron chi connectivity index (χ3n) is 4.60. The summed E-state index contributed by atoms with van der Waals surface area (Å²) >= 11 is 6.64. The van der Waals surface area contributed by atoms with Gasteiger partial charge < -0.3 is 9.80 Å². The molecule has 0 N–H and O–H groups in total. The Morgan fingerprint density at radius 2 is 1.88 bits per heavy atom. The lowest BCUT2D eigenvalue weighted by atomic mass is 10.2. The number of likely N-dealkylation sites (N-methyl/N-ethyl adjacent to an activating group) is 1. The molecule has 1 aromatic carbocycles. The summed E-state index contributed by atoms with van der Waals surface area (Å²) in [5.74, 6) is 0.170. The Morgan fingerprint density at radius 1 is 1.19 bits per heavy atom. The van der Waals surface area contributed by atoms with E-state index < -0.39 is 0 Å². The van der Waals surface area contributed by atoms with Crippen molar-refractivity contribution in [1.29, 1.82) is 0 Å². The van der Waals surface area contributed by atoms with Gasteiger partial charge in [-0.25, -0.2) is 0 Å². The van der Waals surface area contributed by atoms with Gasteiger partial charge in [-0.15, -0.1) is 0 Å². The van der Waals surface area contributed by atoms with E-state index in [1.807, 2.05) is 41.3 Å². The van der Waals surface area contributed by atoms with Gasteiger partial charge in [0.1, 0.15) is 4.99 Å². The fraction of sp³-hybridized carbons (Fsp3) is 0.421. The molecule has 2 fully saturated rings. The second-order valence-electron chi connectivity index (χ2n) is 6.53. The van der Waals surface area contributed by atoms with Crippen LogP contribution >= 0.6 is 24.0 Å². The molecule has 2 amide bonds. The summed E-state index contributed by atoms with van der Waals surface area (Å²) < 4.78 is 0. The average molecular weight is 390 g/mol. The van der Waals surface area contributed by atoms with E-state index in [4.69, 9.17) is 12.2 Å². The maximum absolute atomic E-state index is 12.3. The Balaban J connectivity index is 1.50. The molecule has 2 heterocycles. The van der Waals surface area contributed by atoms with Crippen LogP contribution in [-0.4, -0.2) is 70.6 Å². The van der Waals surface area contributed by atoms with Crippen molar-refractivity contribution in [3.63, 3.8) is 0 Å². The highest BCUT2D eigenvalue weighted by atomic mass is 32.2. The van der Waals surface area contributed by atoms with Crippen LogP contribution < -0.4 is 0 Å². The van der Waals surface area contributed by atoms with Crippen LogP contribution in [0.25, 0.3) is 6.08 Å². The number of thiocarbonyl (C=S) groups is 1. The number of nitrogens with zero attached hydrogens (tertiary/aromatic N) is 3. The van der Waals surface area contributed by atoms with E-state index >= 15 is 0 Å². The fourth-order valence-electron chi connectivity index (χ4n) is 3.00. The van der Waals surface area contributed by atoms with Crippen LogP contribution in [-0.2, 0) is 4.79 Å². The van der Waals surface area contributed by atoms with Gasteiger partial charge >= 0.3 is 0 Å².